The number of aromatic nitrogens is 2. The zero-order chi connectivity index (χ0) is 11.2. The Kier molecular flexibility index (Phi) is 2.26. The molecular formula is C9H14N2O3S. The zero-order valence-corrected chi connectivity index (χ0v) is 9.60. The monoisotopic (exact) mass is 230 g/mol. The fourth-order valence-electron chi connectivity index (χ4n) is 1.83. The van der Waals surface area contributed by atoms with Crippen molar-refractivity contribution in [1.29, 1.82) is 0 Å². The second-order valence-electron chi connectivity index (χ2n) is 4.41. The third-order valence-corrected chi connectivity index (χ3v) is 3.87. The number of nitrogens with one attached hydrogen (secondary N) is 1. The van der Waals surface area contributed by atoms with Crippen molar-refractivity contribution >= 4 is 9.84 Å². The fraction of sp³-hybridized carbons (Fsp3) is 0.667. The van der Waals surface area contributed by atoms with Gasteiger partial charge in [-0.05, 0) is 5.92 Å². The van der Waals surface area contributed by atoms with Gasteiger partial charge in [-0.3, -0.25) is 14.6 Å². The molecule has 0 bridgehead atoms. The molecule has 1 aliphatic heterocycles. The average molecular weight is 230 g/mol. The molecule has 2 rings (SSSR count). The van der Waals surface area contributed by atoms with Gasteiger partial charge < -0.3 is 0 Å². The van der Waals surface area contributed by atoms with Crippen LogP contribution >= 0.6 is 0 Å². The third-order valence-electron chi connectivity index (χ3n) is 2.41. The van der Waals surface area contributed by atoms with Crippen LogP contribution in [0.2, 0.25) is 0 Å². The highest BCUT2D eigenvalue weighted by Crippen LogP contribution is 2.20. The highest BCUT2D eigenvalue weighted by atomic mass is 32.2. The normalized spacial score (nSPS) is 18.3. The molecule has 0 spiro atoms. The molecule has 0 saturated heterocycles. The number of hydrogen-bond acceptors (Lipinski definition) is 3. The van der Waals surface area contributed by atoms with Crippen molar-refractivity contribution in [3.63, 3.8) is 0 Å². The first kappa shape index (κ1) is 10.5. The van der Waals surface area contributed by atoms with Gasteiger partial charge in [-0.2, -0.15) is 0 Å². The molecule has 1 aliphatic rings. The first-order valence-electron chi connectivity index (χ1n) is 4.90. The van der Waals surface area contributed by atoms with Crippen molar-refractivity contribution in [1.82, 2.24) is 9.78 Å². The molecule has 0 saturated carbocycles. The van der Waals surface area contributed by atoms with E-state index in [2.05, 4.69) is 5.10 Å². The fourth-order valence-corrected chi connectivity index (χ4v) is 3.34. The summed E-state index contributed by atoms with van der Waals surface area (Å²) in [6.07, 6.45) is 0. The highest BCUT2D eigenvalue weighted by Gasteiger charge is 2.30. The van der Waals surface area contributed by atoms with E-state index < -0.39 is 9.84 Å². The van der Waals surface area contributed by atoms with Crippen molar-refractivity contribution < 1.29 is 8.42 Å². The van der Waals surface area contributed by atoms with Gasteiger partial charge in [-0.25, -0.2) is 8.42 Å². The Hall–Kier alpha value is -1.04. The van der Waals surface area contributed by atoms with E-state index in [1.165, 1.54) is 4.68 Å². The minimum Gasteiger partial charge on any atom is -0.298 e. The number of aromatic amines is 1. The second kappa shape index (κ2) is 3.23. The minimum absolute atomic E-state index is 0.0251. The molecule has 0 aliphatic carbocycles. The largest absolute Gasteiger partial charge is 0.298 e. The number of rotatable bonds is 2. The summed E-state index contributed by atoms with van der Waals surface area (Å²) in [4.78, 5) is 11.8. The van der Waals surface area contributed by atoms with E-state index in [0.29, 0.717) is 23.7 Å². The zero-order valence-electron chi connectivity index (χ0n) is 8.78. The molecule has 84 valence electrons. The summed E-state index contributed by atoms with van der Waals surface area (Å²) in [5.41, 5.74) is 0.816. The van der Waals surface area contributed by atoms with Crippen molar-refractivity contribution in [2.45, 2.75) is 31.9 Å². The van der Waals surface area contributed by atoms with Crippen LogP contribution in [0.5, 0.6) is 0 Å². The molecule has 2 heterocycles. The summed E-state index contributed by atoms with van der Waals surface area (Å²) in [5.74, 6) is 0.226. The van der Waals surface area contributed by atoms with Crippen LogP contribution in [-0.2, 0) is 27.9 Å². The van der Waals surface area contributed by atoms with Crippen LogP contribution in [0.25, 0.3) is 0 Å². The molecule has 0 atom stereocenters. The van der Waals surface area contributed by atoms with Crippen LogP contribution < -0.4 is 5.56 Å². The molecule has 1 aromatic rings. The van der Waals surface area contributed by atoms with E-state index in [0.717, 1.165) is 0 Å². The quantitative estimate of drug-likeness (QED) is 0.792. The number of nitrogens with zero attached hydrogens (tertiary/aromatic N) is 1. The van der Waals surface area contributed by atoms with Crippen LogP contribution in [0.15, 0.2) is 4.79 Å². The lowest BCUT2D eigenvalue weighted by atomic mass is 10.2. The standard InChI is InChI=1S/C9H14N2O3S/c1-6(2)3-11-9(12)7-4-15(13,14)5-8(7)10-11/h6,10H,3-5H2,1-2H3. The van der Waals surface area contributed by atoms with Gasteiger partial charge in [-0.15, -0.1) is 0 Å². The van der Waals surface area contributed by atoms with Crippen LogP contribution in [0, 0.1) is 5.92 Å². The lowest BCUT2D eigenvalue weighted by Crippen LogP contribution is -2.22. The molecule has 0 fully saturated rings. The Morgan fingerprint density at radius 2 is 2.07 bits per heavy atom. The first-order chi connectivity index (χ1) is 6.89. The van der Waals surface area contributed by atoms with Crippen molar-refractivity contribution in [2.24, 2.45) is 5.92 Å². The van der Waals surface area contributed by atoms with E-state index in [1.54, 1.807) is 0 Å². The van der Waals surface area contributed by atoms with E-state index >= 15 is 0 Å². The lowest BCUT2D eigenvalue weighted by molar-refractivity contribution is 0.470. The van der Waals surface area contributed by atoms with Crippen molar-refractivity contribution in [2.75, 3.05) is 0 Å². The van der Waals surface area contributed by atoms with E-state index in [1.807, 2.05) is 13.8 Å². The number of sulfone groups is 1. The molecule has 1 N–H and O–H groups in total. The maximum Gasteiger partial charge on any atom is 0.271 e. The first-order valence-corrected chi connectivity index (χ1v) is 6.72. The molecule has 5 nitrogen and oxygen atoms in total. The van der Waals surface area contributed by atoms with Crippen LogP contribution in [0.3, 0.4) is 0 Å². The van der Waals surface area contributed by atoms with E-state index in [-0.39, 0.29) is 17.1 Å². The Labute approximate surface area is 88.0 Å². The van der Waals surface area contributed by atoms with Gasteiger partial charge in [0.05, 0.1) is 22.8 Å². The van der Waals surface area contributed by atoms with Crippen LogP contribution in [0.4, 0.5) is 0 Å². The van der Waals surface area contributed by atoms with Gasteiger partial charge in [0, 0.05) is 6.54 Å². The molecule has 15 heavy (non-hydrogen) atoms. The van der Waals surface area contributed by atoms with Gasteiger partial charge in [0.15, 0.2) is 9.84 Å². The van der Waals surface area contributed by atoms with Crippen molar-refractivity contribution in [3.05, 3.63) is 21.6 Å². The lowest BCUT2D eigenvalue weighted by Gasteiger charge is -2.04. The summed E-state index contributed by atoms with van der Waals surface area (Å²) in [5, 5.41) is 2.87. The SMILES string of the molecule is CC(C)Cn1[nH]c2c(c1=O)CS(=O)(=O)C2. The summed E-state index contributed by atoms with van der Waals surface area (Å²) in [6, 6.07) is 0. The molecule has 0 amide bonds. The molecule has 0 radical (unpaired) electrons. The molecule has 6 heteroatoms. The van der Waals surface area contributed by atoms with Crippen LogP contribution in [-0.4, -0.2) is 18.2 Å². The maximum atomic E-state index is 11.8. The predicted molar refractivity (Wildman–Crippen MR) is 56.2 cm³/mol. The predicted octanol–water partition coefficient (Wildman–Crippen LogP) is 0.261. The summed E-state index contributed by atoms with van der Waals surface area (Å²) in [6.45, 7) is 4.62. The Morgan fingerprint density at radius 1 is 1.40 bits per heavy atom. The van der Waals surface area contributed by atoms with Gasteiger partial charge in [0.25, 0.3) is 5.56 Å². The minimum atomic E-state index is -3.07. The van der Waals surface area contributed by atoms with E-state index in [9.17, 15) is 13.2 Å². The smallest absolute Gasteiger partial charge is 0.271 e. The van der Waals surface area contributed by atoms with Crippen LogP contribution in [0.1, 0.15) is 25.1 Å². The third kappa shape index (κ3) is 1.86. The summed E-state index contributed by atoms with van der Waals surface area (Å²) >= 11 is 0. The Balaban J connectivity index is 2.41. The number of hydrogen-bond donors (Lipinski definition) is 1. The van der Waals surface area contributed by atoms with Gasteiger partial charge in [0.1, 0.15) is 0 Å². The van der Waals surface area contributed by atoms with E-state index in [4.69, 9.17) is 0 Å². The van der Waals surface area contributed by atoms with Gasteiger partial charge >= 0.3 is 0 Å². The molecule has 0 unspecified atom stereocenters. The average Bonchev–Trinajstić information content (AvgIpc) is 2.48. The summed E-state index contributed by atoms with van der Waals surface area (Å²) < 4.78 is 24.0. The second-order valence-corrected chi connectivity index (χ2v) is 6.48. The molecular weight excluding hydrogens is 216 g/mol. The Bertz CT molecular complexity index is 536. The Morgan fingerprint density at radius 3 is 2.60 bits per heavy atom. The maximum absolute atomic E-state index is 11.8. The van der Waals surface area contributed by atoms with Gasteiger partial charge in [-0.1, -0.05) is 13.8 Å². The molecule has 0 aromatic carbocycles. The van der Waals surface area contributed by atoms with Gasteiger partial charge in [0.2, 0.25) is 0 Å². The molecule has 1 aromatic heterocycles. The van der Waals surface area contributed by atoms with Crippen molar-refractivity contribution in [3.8, 4) is 0 Å². The topological polar surface area (TPSA) is 71.9 Å². The summed E-state index contributed by atoms with van der Waals surface area (Å²) in [7, 11) is -3.07. The number of H-pyrrole nitrogens is 1. The highest BCUT2D eigenvalue weighted by molar-refractivity contribution is 7.90. The number of fused-ring (bicyclic) bond motifs is 1.